The van der Waals surface area contributed by atoms with E-state index in [2.05, 4.69) is 28.7 Å². The van der Waals surface area contributed by atoms with Crippen LogP contribution in [0.3, 0.4) is 0 Å². The fourth-order valence-corrected chi connectivity index (χ4v) is 4.95. The molecule has 3 aromatic rings. The number of carbonyl (C=O) groups excluding carboxylic acids is 1. The molecule has 0 bridgehead atoms. The molecule has 0 saturated carbocycles. The van der Waals surface area contributed by atoms with Crippen molar-refractivity contribution < 1.29 is 4.79 Å². The summed E-state index contributed by atoms with van der Waals surface area (Å²) in [7, 11) is 0. The zero-order valence-electron chi connectivity index (χ0n) is 12.8. The minimum atomic E-state index is -0.0484. The highest BCUT2D eigenvalue weighted by Crippen LogP contribution is 2.35. The van der Waals surface area contributed by atoms with Crippen LogP contribution >= 0.6 is 22.7 Å². The predicted octanol–water partition coefficient (Wildman–Crippen LogP) is 4.90. The van der Waals surface area contributed by atoms with Gasteiger partial charge < -0.3 is 4.90 Å². The number of nitrogens with one attached hydrogen (secondary N) is 1. The van der Waals surface area contributed by atoms with Crippen LogP contribution in [-0.4, -0.2) is 22.5 Å². The lowest BCUT2D eigenvalue weighted by Gasteiger charge is -2.35. The Kier molecular flexibility index (Phi) is 3.79. The zero-order valence-corrected chi connectivity index (χ0v) is 14.4. The van der Waals surface area contributed by atoms with Crippen molar-refractivity contribution >= 4 is 44.1 Å². The number of thiophene rings is 1. The van der Waals surface area contributed by atoms with Crippen LogP contribution in [0.2, 0.25) is 0 Å². The molecule has 0 radical (unpaired) electrons. The Balaban J connectivity index is 1.57. The molecule has 1 atom stereocenters. The van der Waals surface area contributed by atoms with Crippen LogP contribution in [-0.2, 0) is 6.42 Å². The third kappa shape index (κ3) is 2.62. The van der Waals surface area contributed by atoms with Crippen LogP contribution in [0.25, 0.3) is 10.2 Å². The van der Waals surface area contributed by atoms with Gasteiger partial charge in [0.25, 0.3) is 0 Å². The van der Waals surface area contributed by atoms with E-state index in [1.807, 2.05) is 29.2 Å². The SMILES string of the molecule is CC[C@H]1c2ccsc2CCN1C(=O)Nc1nc2ccccc2s1. The maximum Gasteiger partial charge on any atom is 0.324 e. The summed E-state index contributed by atoms with van der Waals surface area (Å²) in [5.41, 5.74) is 2.24. The van der Waals surface area contributed by atoms with Crippen molar-refractivity contribution in [1.82, 2.24) is 9.88 Å². The van der Waals surface area contributed by atoms with Gasteiger partial charge in [-0.05, 0) is 42.0 Å². The topological polar surface area (TPSA) is 45.2 Å². The lowest BCUT2D eigenvalue weighted by molar-refractivity contribution is 0.181. The van der Waals surface area contributed by atoms with Crippen molar-refractivity contribution in [2.24, 2.45) is 0 Å². The molecule has 0 aliphatic carbocycles. The van der Waals surface area contributed by atoms with Crippen molar-refractivity contribution in [3.8, 4) is 0 Å². The molecular formula is C17H17N3OS2. The van der Waals surface area contributed by atoms with Crippen molar-refractivity contribution in [2.45, 2.75) is 25.8 Å². The molecule has 1 aliphatic rings. The van der Waals surface area contributed by atoms with Gasteiger partial charge in [0.1, 0.15) is 0 Å². The Morgan fingerprint density at radius 1 is 1.39 bits per heavy atom. The van der Waals surface area contributed by atoms with Gasteiger partial charge in [-0.25, -0.2) is 9.78 Å². The highest BCUT2D eigenvalue weighted by molar-refractivity contribution is 7.22. The van der Waals surface area contributed by atoms with Gasteiger partial charge in [-0.2, -0.15) is 0 Å². The highest BCUT2D eigenvalue weighted by atomic mass is 32.1. The number of thiazole rings is 1. The van der Waals surface area contributed by atoms with Gasteiger partial charge in [-0.15, -0.1) is 11.3 Å². The third-order valence-corrected chi connectivity index (χ3v) is 6.20. The summed E-state index contributed by atoms with van der Waals surface area (Å²) >= 11 is 3.31. The largest absolute Gasteiger partial charge is 0.324 e. The van der Waals surface area contributed by atoms with Crippen molar-refractivity contribution in [3.63, 3.8) is 0 Å². The second-order valence-electron chi connectivity index (χ2n) is 5.58. The Hall–Kier alpha value is -1.92. The Morgan fingerprint density at radius 3 is 3.09 bits per heavy atom. The molecule has 6 heteroatoms. The van der Waals surface area contributed by atoms with E-state index < -0.39 is 0 Å². The van der Waals surface area contributed by atoms with Crippen LogP contribution < -0.4 is 5.32 Å². The number of urea groups is 1. The quantitative estimate of drug-likeness (QED) is 0.719. The van der Waals surface area contributed by atoms with E-state index >= 15 is 0 Å². The zero-order chi connectivity index (χ0) is 15.8. The number of aromatic nitrogens is 1. The van der Waals surface area contributed by atoms with E-state index in [1.165, 1.54) is 21.8 Å². The molecule has 3 heterocycles. The smallest absolute Gasteiger partial charge is 0.317 e. The first-order valence-corrected chi connectivity index (χ1v) is 9.45. The molecule has 4 rings (SSSR count). The standard InChI is InChI=1S/C17H17N3OS2/c1-2-13-11-8-10-22-14(11)7-9-20(13)17(21)19-16-18-12-5-3-4-6-15(12)23-16/h3-6,8,10,13H,2,7,9H2,1H3,(H,18,19,21)/t13-/m0/s1. The lowest BCUT2D eigenvalue weighted by Crippen LogP contribution is -2.41. The Morgan fingerprint density at radius 2 is 2.26 bits per heavy atom. The number of benzene rings is 1. The van der Waals surface area contributed by atoms with E-state index in [9.17, 15) is 4.79 Å². The number of amides is 2. The second kappa shape index (κ2) is 5.94. The first-order valence-electron chi connectivity index (χ1n) is 7.75. The fourth-order valence-electron chi connectivity index (χ4n) is 3.17. The number of carbonyl (C=O) groups is 1. The molecule has 118 valence electrons. The minimum Gasteiger partial charge on any atom is -0.317 e. The summed E-state index contributed by atoms with van der Waals surface area (Å²) in [6.07, 6.45) is 1.87. The molecule has 2 amide bonds. The molecule has 2 aromatic heterocycles. The van der Waals surface area contributed by atoms with Gasteiger partial charge in [-0.3, -0.25) is 5.32 Å². The minimum absolute atomic E-state index is 0.0484. The summed E-state index contributed by atoms with van der Waals surface area (Å²) in [5.74, 6) is 0. The molecule has 0 saturated heterocycles. The first kappa shape index (κ1) is 14.7. The van der Waals surface area contributed by atoms with Crippen molar-refractivity contribution in [1.29, 1.82) is 0 Å². The predicted molar refractivity (Wildman–Crippen MR) is 96.4 cm³/mol. The lowest BCUT2D eigenvalue weighted by atomic mass is 9.98. The molecule has 1 aliphatic heterocycles. The average molecular weight is 343 g/mol. The summed E-state index contributed by atoms with van der Waals surface area (Å²) in [5, 5.41) is 5.78. The number of fused-ring (bicyclic) bond motifs is 2. The van der Waals surface area contributed by atoms with Crippen LogP contribution in [0, 0.1) is 0 Å². The van der Waals surface area contributed by atoms with Gasteiger partial charge in [0.05, 0.1) is 16.3 Å². The Bertz CT molecular complexity index is 821. The van der Waals surface area contributed by atoms with Gasteiger partial charge >= 0.3 is 6.03 Å². The van der Waals surface area contributed by atoms with Gasteiger partial charge in [-0.1, -0.05) is 30.4 Å². The van der Waals surface area contributed by atoms with Crippen LogP contribution in [0.4, 0.5) is 9.93 Å². The van der Waals surface area contributed by atoms with E-state index in [1.54, 1.807) is 11.3 Å². The normalized spacial score (nSPS) is 17.3. The number of para-hydroxylation sites is 1. The van der Waals surface area contributed by atoms with Crippen molar-refractivity contribution in [3.05, 3.63) is 46.2 Å². The van der Waals surface area contributed by atoms with E-state index in [0.29, 0.717) is 5.13 Å². The Labute approximate surface area is 142 Å². The molecular weight excluding hydrogens is 326 g/mol. The third-order valence-electron chi connectivity index (χ3n) is 4.25. The van der Waals surface area contributed by atoms with E-state index in [-0.39, 0.29) is 12.1 Å². The van der Waals surface area contributed by atoms with Crippen molar-refractivity contribution in [2.75, 3.05) is 11.9 Å². The fraction of sp³-hybridized carbons (Fsp3) is 0.294. The number of hydrogen-bond donors (Lipinski definition) is 1. The summed E-state index contributed by atoms with van der Waals surface area (Å²) < 4.78 is 1.09. The number of anilines is 1. The maximum absolute atomic E-state index is 12.7. The monoisotopic (exact) mass is 343 g/mol. The molecule has 4 nitrogen and oxygen atoms in total. The number of nitrogens with zero attached hydrogens (tertiary/aromatic N) is 2. The van der Waals surface area contributed by atoms with E-state index in [0.717, 1.165) is 29.6 Å². The van der Waals surface area contributed by atoms with E-state index in [4.69, 9.17) is 0 Å². The number of rotatable bonds is 2. The molecule has 0 spiro atoms. The summed E-state index contributed by atoms with van der Waals surface area (Å²) in [6.45, 7) is 2.90. The highest BCUT2D eigenvalue weighted by Gasteiger charge is 2.30. The van der Waals surface area contributed by atoms with Gasteiger partial charge in [0.15, 0.2) is 5.13 Å². The van der Waals surface area contributed by atoms with Crippen LogP contribution in [0.15, 0.2) is 35.7 Å². The second-order valence-corrected chi connectivity index (χ2v) is 7.61. The molecule has 1 N–H and O–H groups in total. The average Bonchev–Trinajstić information content (AvgIpc) is 3.19. The van der Waals surface area contributed by atoms with Crippen LogP contribution in [0.5, 0.6) is 0 Å². The first-order chi connectivity index (χ1) is 11.3. The van der Waals surface area contributed by atoms with Gasteiger partial charge in [0.2, 0.25) is 0 Å². The maximum atomic E-state index is 12.7. The number of hydrogen-bond acceptors (Lipinski definition) is 4. The molecule has 23 heavy (non-hydrogen) atoms. The summed E-state index contributed by atoms with van der Waals surface area (Å²) in [4.78, 5) is 20.6. The van der Waals surface area contributed by atoms with Gasteiger partial charge in [0, 0.05) is 11.4 Å². The molecule has 1 aromatic carbocycles. The molecule has 0 fully saturated rings. The van der Waals surface area contributed by atoms with Crippen LogP contribution in [0.1, 0.15) is 29.8 Å². The molecule has 0 unspecified atom stereocenters. The summed E-state index contributed by atoms with van der Waals surface area (Å²) in [6, 6.07) is 10.2.